The number of rotatable bonds is 5. The number of benzene rings is 1. The van der Waals surface area contributed by atoms with Gasteiger partial charge in [0.25, 0.3) is 0 Å². The van der Waals surface area contributed by atoms with Gasteiger partial charge in [0.2, 0.25) is 5.76 Å². The summed E-state index contributed by atoms with van der Waals surface area (Å²) in [5, 5.41) is 0.810. The number of carbonyl (C=O) groups is 1. The van der Waals surface area contributed by atoms with Gasteiger partial charge in [-0.1, -0.05) is 0 Å². The van der Waals surface area contributed by atoms with Crippen molar-refractivity contribution in [2.75, 3.05) is 12.9 Å². The molecule has 0 radical (unpaired) electrons. The van der Waals surface area contributed by atoms with Gasteiger partial charge in [0.1, 0.15) is 5.76 Å². The molecule has 0 saturated heterocycles. The number of nitrogens with one attached hydrogen (secondary N) is 1. The Morgan fingerprint density at radius 1 is 1.21 bits per heavy atom. The zero-order chi connectivity index (χ0) is 17.3. The Hall–Kier alpha value is -2.54. The third kappa shape index (κ3) is 3.35. The van der Waals surface area contributed by atoms with E-state index in [-0.39, 0.29) is 10.7 Å². The molecule has 0 amide bonds. The molecule has 3 rings (SSSR count). The monoisotopic (exact) mass is 347 g/mol. The quantitative estimate of drug-likeness (QED) is 0.717. The molecule has 0 bridgehead atoms. The summed E-state index contributed by atoms with van der Waals surface area (Å²) >= 11 is 0. The number of furan rings is 1. The Labute approximate surface area is 139 Å². The normalized spacial score (nSPS) is 11.8. The lowest BCUT2D eigenvalue weighted by atomic mass is 10.2. The number of ether oxygens (including phenoxy) is 1. The van der Waals surface area contributed by atoms with Gasteiger partial charge in [-0.25, -0.2) is 13.2 Å². The molecular formula is C17H17NO5S. The van der Waals surface area contributed by atoms with E-state index in [1.54, 1.807) is 37.3 Å². The fourth-order valence-corrected chi connectivity index (χ4v) is 3.13. The first kappa shape index (κ1) is 16.3. The van der Waals surface area contributed by atoms with Gasteiger partial charge in [-0.3, -0.25) is 0 Å². The molecule has 0 aliphatic carbocycles. The van der Waals surface area contributed by atoms with Crippen LogP contribution in [0, 0.1) is 0 Å². The molecule has 3 aromatic rings. The molecule has 0 aliphatic heterocycles. The summed E-state index contributed by atoms with van der Waals surface area (Å²) in [4.78, 5) is 15.1. The van der Waals surface area contributed by atoms with Crippen LogP contribution in [0.25, 0.3) is 10.9 Å². The van der Waals surface area contributed by atoms with Crippen molar-refractivity contribution in [3.05, 3.63) is 53.6 Å². The summed E-state index contributed by atoms with van der Waals surface area (Å²) in [5.74, 6) is 0.300. The molecule has 0 atom stereocenters. The summed E-state index contributed by atoms with van der Waals surface area (Å²) in [6, 6.07) is 10.1. The number of carbonyl (C=O) groups excluding carboxylic acids is 1. The number of esters is 1. The Bertz CT molecular complexity index is 997. The third-order valence-corrected chi connectivity index (χ3v) is 4.69. The molecule has 2 heterocycles. The Morgan fingerprint density at radius 2 is 2.00 bits per heavy atom. The van der Waals surface area contributed by atoms with Crippen LogP contribution in [0.5, 0.6) is 0 Å². The van der Waals surface area contributed by atoms with Crippen LogP contribution >= 0.6 is 0 Å². The van der Waals surface area contributed by atoms with E-state index in [1.165, 1.54) is 6.26 Å². The van der Waals surface area contributed by atoms with Crippen LogP contribution in [0.3, 0.4) is 0 Å². The van der Waals surface area contributed by atoms with E-state index in [1.807, 2.05) is 6.07 Å². The van der Waals surface area contributed by atoms with Crippen LogP contribution < -0.4 is 0 Å². The van der Waals surface area contributed by atoms with E-state index in [4.69, 9.17) is 9.15 Å². The standard InChI is InChI=1S/C17H17NO5S/c1-3-22-17(19)16-7-4-13(23-16)10-12-8-11-9-14(24(2,20)21)5-6-15(11)18-12/h4-9,18H,3,10H2,1-2H3. The highest BCUT2D eigenvalue weighted by molar-refractivity contribution is 7.90. The molecule has 7 heteroatoms. The topological polar surface area (TPSA) is 89.4 Å². The maximum absolute atomic E-state index is 11.6. The van der Waals surface area contributed by atoms with Crippen molar-refractivity contribution in [1.29, 1.82) is 0 Å². The smallest absolute Gasteiger partial charge is 0.374 e. The van der Waals surface area contributed by atoms with Gasteiger partial charge < -0.3 is 14.1 Å². The van der Waals surface area contributed by atoms with Crippen molar-refractivity contribution >= 4 is 26.7 Å². The highest BCUT2D eigenvalue weighted by atomic mass is 32.2. The second-order valence-corrected chi connectivity index (χ2v) is 7.49. The van der Waals surface area contributed by atoms with Gasteiger partial charge in [0.05, 0.1) is 11.5 Å². The average Bonchev–Trinajstić information content (AvgIpc) is 3.12. The van der Waals surface area contributed by atoms with Gasteiger partial charge in [-0.2, -0.15) is 0 Å². The van der Waals surface area contributed by atoms with E-state index < -0.39 is 15.8 Å². The van der Waals surface area contributed by atoms with Crippen LogP contribution in [0.1, 0.15) is 28.9 Å². The Kier molecular flexibility index (Phi) is 4.19. The fourth-order valence-electron chi connectivity index (χ4n) is 2.47. The Balaban J connectivity index is 1.84. The number of H-pyrrole nitrogens is 1. The van der Waals surface area contributed by atoms with E-state index in [0.717, 1.165) is 16.6 Å². The van der Waals surface area contributed by atoms with E-state index in [0.29, 0.717) is 18.8 Å². The minimum absolute atomic E-state index is 0.169. The van der Waals surface area contributed by atoms with Crippen LogP contribution in [-0.2, 0) is 21.0 Å². The van der Waals surface area contributed by atoms with E-state index in [2.05, 4.69) is 4.98 Å². The molecule has 0 saturated carbocycles. The largest absolute Gasteiger partial charge is 0.460 e. The average molecular weight is 347 g/mol. The van der Waals surface area contributed by atoms with Crippen molar-refractivity contribution in [2.24, 2.45) is 0 Å². The zero-order valence-corrected chi connectivity index (χ0v) is 14.1. The lowest BCUT2D eigenvalue weighted by Gasteiger charge is -1.97. The lowest BCUT2D eigenvalue weighted by Crippen LogP contribution is -2.02. The molecular weight excluding hydrogens is 330 g/mol. The van der Waals surface area contributed by atoms with Crippen molar-refractivity contribution in [3.8, 4) is 0 Å². The number of aromatic amines is 1. The molecule has 126 valence electrons. The summed E-state index contributed by atoms with van der Waals surface area (Å²) in [6.45, 7) is 2.02. The molecule has 24 heavy (non-hydrogen) atoms. The number of sulfone groups is 1. The molecule has 2 aromatic heterocycles. The molecule has 1 aromatic carbocycles. The fraction of sp³-hybridized carbons (Fsp3) is 0.235. The van der Waals surface area contributed by atoms with Crippen molar-refractivity contribution in [1.82, 2.24) is 4.98 Å². The minimum atomic E-state index is -3.24. The highest BCUT2D eigenvalue weighted by Gasteiger charge is 2.14. The summed E-state index contributed by atoms with van der Waals surface area (Å²) in [6.07, 6.45) is 1.64. The molecule has 6 nitrogen and oxygen atoms in total. The first-order chi connectivity index (χ1) is 11.4. The summed E-state index contributed by atoms with van der Waals surface area (Å²) in [7, 11) is -3.24. The molecule has 0 fully saturated rings. The first-order valence-electron chi connectivity index (χ1n) is 7.44. The third-order valence-electron chi connectivity index (χ3n) is 3.58. The van der Waals surface area contributed by atoms with Crippen molar-refractivity contribution < 1.29 is 22.4 Å². The van der Waals surface area contributed by atoms with Crippen LogP contribution in [-0.4, -0.2) is 32.2 Å². The highest BCUT2D eigenvalue weighted by Crippen LogP contribution is 2.22. The molecule has 0 spiro atoms. The molecule has 1 N–H and O–H groups in total. The van der Waals surface area contributed by atoms with Crippen LogP contribution in [0.2, 0.25) is 0 Å². The Morgan fingerprint density at radius 3 is 2.71 bits per heavy atom. The van der Waals surface area contributed by atoms with Gasteiger partial charge >= 0.3 is 5.97 Å². The van der Waals surface area contributed by atoms with Gasteiger partial charge in [0.15, 0.2) is 9.84 Å². The first-order valence-corrected chi connectivity index (χ1v) is 9.33. The number of hydrogen-bond donors (Lipinski definition) is 1. The van der Waals surface area contributed by atoms with Gasteiger partial charge in [0, 0.05) is 29.3 Å². The zero-order valence-electron chi connectivity index (χ0n) is 13.3. The van der Waals surface area contributed by atoms with Crippen molar-refractivity contribution in [2.45, 2.75) is 18.2 Å². The SMILES string of the molecule is CCOC(=O)c1ccc(Cc2cc3cc(S(C)(=O)=O)ccc3[nH]2)o1. The maximum Gasteiger partial charge on any atom is 0.374 e. The van der Waals surface area contributed by atoms with Crippen molar-refractivity contribution in [3.63, 3.8) is 0 Å². The predicted octanol–water partition coefficient (Wildman–Crippen LogP) is 2.93. The predicted molar refractivity (Wildman–Crippen MR) is 88.9 cm³/mol. The van der Waals surface area contributed by atoms with Gasteiger partial charge in [-0.05, 0) is 43.3 Å². The number of hydrogen-bond acceptors (Lipinski definition) is 5. The summed E-state index contributed by atoms with van der Waals surface area (Å²) < 4.78 is 33.6. The van der Waals surface area contributed by atoms with E-state index in [9.17, 15) is 13.2 Å². The maximum atomic E-state index is 11.6. The second-order valence-electron chi connectivity index (χ2n) is 5.48. The van der Waals surface area contributed by atoms with Crippen LogP contribution in [0.15, 0.2) is 45.7 Å². The number of fused-ring (bicyclic) bond motifs is 1. The van der Waals surface area contributed by atoms with E-state index >= 15 is 0 Å². The molecule has 0 aliphatic rings. The molecule has 0 unspecified atom stereocenters. The van der Waals surface area contributed by atoms with Gasteiger partial charge in [-0.15, -0.1) is 0 Å². The summed E-state index contributed by atoms with van der Waals surface area (Å²) in [5.41, 5.74) is 1.70. The lowest BCUT2D eigenvalue weighted by molar-refractivity contribution is 0.0488. The second kappa shape index (κ2) is 6.16. The number of aromatic nitrogens is 1. The minimum Gasteiger partial charge on any atom is -0.460 e. The van der Waals surface area contributed by atoms with Crippen LogP contribution in [0.4, 0.5) is 0 Å².